The van der Waals surface area contributed by atoms with E-state index in [2.05, 4.69) is 4.98 Å². The lowest BCUT2D eigenvalue weighted by Gasteiger charge is -2.12. The lowest BCUT2D eigenvalue weighted by molar-refractivity contribution is 0.267. The third-order valence-corrected chi connectivity index (χ3v) is 3.91. The number of halogens is 2. The Morgan fingerprint density at radius 2 is 1.92 bits per heavy atom. The molecular weight excluding hydrogens is 312 g/mol. The van der Waals surface area contributed by atoms with Gasteiger partial charge >= 0.3 is 0 Å². The van der Waals surface area contributed by atoms with Crippen LogP contribution < -0.4 is 4.74 Å². The van der Waals surface area contributed by atoms with E-state index in [9.17, 15) is 13.9 Å². The van der Waals surface area contributed by atoms with Gasteiger partial charge in [-0.15, -0.1) is 0 Å². The van der Waals surface area contributed by atoms with Crippen molar-refractivity contribution in [1.82, 2.24) is 4.98 Å². The summed E-state index contributed by atoms with van der Waals surface area (Å²) in [4.78, 5) is 4.28. The summed E-state index contributed by atoms with van der Waals surface area (Å²) in [7, 11) is 0. The van der Waals surface area contributed by atoms with Crippen molar-refractivity contribution in [3.8, 4) is 17.0 Å². The number of fused-ring (bicyclic) bond motifs is 1. The third-order valence-electron chi connectivity index (χ3n) is 3.91. The van der Waals surface area contributed by atoms with Crippen LogP contribution >= 0.6 is 0 Å². The van der Waals surface area contributed by atoms with Crippen molar-refractivity contribution in [3.63, 3.8) is 0 Å². The number of hydrogen-bond donors (Lipinski definition) is 1. The monoisotopic (exact) mass is 329 g/mol. The van der Waals surface area contributed by atoms with Crippen LogP contribution in [-0.4, -0.2) is 16.7 Å². The first-order chi connectivity index (χ1) is 11.5. The lowest BCUT2D eigenvalue weighted by Crippen LogP contribution is -1.98. The first-order valence-electron chi connectivity index (χ1n) is 7.67. The molecule has 3 aromatic rings. The Morgan fingerprint density at radius 3 is 2.62 bits per heavy atom. The van der Waals surface area contributed by atoms with Gasteiger partial charge in [0.25, 0.3) is 0 Å². The number of aliphatic hydroxyl groups is 1. The second-order valence-electron chi connectivity index (χ2n) is 5.50. The molecule has 0 atom stereocenters. The van der Waals surface area contributed by atoms with Crippen molar-refractivity contribution in [1.29, 1.82) is 0 Å². The molecule has 0 bridgehead atoms. The highest BCUT2D eigenvalue weighted by Crippen LogP contribution is 2.30. The molecule has 0 unspecified atom stereocenters. The predicted octanol–water partition coefficient (Wildman–Crippen LogP) is 4.38. The molecule has 1 aromatic heterocycles. The Labute approximate surface area is 138 Å². The maximum Gasteiger partial charge on any atom is 0.185 e. The molecule has 0 saturated heterocycles. The molecular formula is C19H17F2NO2. The van der Waals surface area contributed by atoms with Crippen LogP contribution in [0.5, 0.6) is 5.75 Å². The van der Waals surface area contributed by atoms with Crippen LogP contribution in [0.1, 0.15) is 18.1 Å². The van der Waals surface area contributed by atoms with Crippen LogP contribution in [-0.2, 0) is 6.61 Å². The fourth-order valence-corrected chi connectivity index (χ4v) is 2.71. The van der Waals surface area contributed by atoms with Crippen LogP contribution in [0, 0.1) is 18.6 Å². The number of aliphatic hydroxyl groups excluding tert-OH is 1. The molecule has 0 aliphatic heterocycles. The first-order valence-corrected chi connectivity index (χ1v) is 7.67. The molecule has 2 aromatic carbocycles. The molecule has 1 heterocycles. The number of aryl methyl sites for hydroxylation is 1. The normalized spacial score (nSPS) is 11.0. The van der Waals surface area contributed by atoms with Crippen molar-refractivity contribution in [2.45, 2.75) is 20.5 Å². The minimum atomic E-state index is -0.953. The summed E-state index contributed by atoms with van der Waals surface area (Å²) in [6.45, 7) is 4.00. The highest BCUT2D eigenvalue weighted by Gasteiger charge is 2.13. The fraction of sp³-hybridized carbons (Fsp3) is 0.211. The summed E-state index contributed by atoms with van der Waals surface area (Å²) in [5, 5.41) is 10.1. The average molecular weight is 329 g/mol. The number of nitrogens with zero attached hydrogens (tertiary/aromatic N) is 1. The Balaban J connectivity index is 2.17. The number of benzene rings is 2. The second kappa shape index (κ2) is 6.53. The Bertz CT molecular complexity index is 909. The summed E-state index contributed by atoms with van der Waals surface area (Å²) in [5.74, 6) is -1.28. The van der Waals surface area contributed by atoms with Gasteiger partial charge in [0.2, 0.25) is 0 Å². The molecule has 0 spiro atoms. The lowest BCUT2D eigenvalue weighted by atomic mass is 10.0. The van der Waals surface area contributed by atoms with Gasteiger partial charge < -0.3 is 9.84 Å². The van der Waals surface area contributed by atoms with Gasteiger partial charge in [0, 0.05) is 16.5 Å². The smallest absolute Gasteiger partial charge is 0.185 e. The van der Waals surface area contributed by atoms with Crippen LogP contribution in [0.2, 0.25) is 0 Å². The predicted molar refractivity (Wildman–Crippen MR) is 88.9 cm³/mol. The van der Waals surface area contributed by atoms with Gasteiger partial charge in [-0.2, -0.15) is 0 Å². The van der Waals surface area contributed by atoms with Gasteiger partial charge in [0.1, 0.15) is 11.3 Å². The molecule has 0 fully saturated rings. The van der Waals surface area contributed by atoms with E-state index in [1.54, 1.807) is 18.2 Å². The largest absolute Gasteiger partial charge is 0.494 e. The van der Waals surface area contributed by atoms with E-state index >= 15 is 0 Å². The van der Waals surface area contributed by atoms with Gasteiger partial charge in [-0.1, -0.05) is 0 Å². The molecule has 3 rings (SSSR count). The number of rotatable bonds is 4. The van der Waals surface area contributed by atoms with Gasteiger partial charge in [0.05, 0.1) is 18.9 Å². The zero-order chi connectivity index (χ0) is 17.3. The average Bonchev–Trinajstić information content (AvgIpc) is 2.59. The SMILES string of the molecule is CCOc1ccc(-c2cc(C)c3ccc(F)c(F)c3n2)cc1CO. The maximum absolute atomic E-state index is 14.1. The van der Waals surface area contributed by atoms with E-state index in [1.807, 2.05) is 19.9 Å². The van der Waals surface area contributed by atoms with E-state index in [-0.39, 0.29) is 12.1 Å². The van der Waals surface area contributed by atoms with Gasteiger partial charge in [-0.25, -0.2) is 13.8 Å². The van der Waals surface area contributed by atoms with Gasteiger partial charge in [0.15, 0.2) is 11.6 Å². The standard InChI is InChI=1S/C19H17F2NO2/c1-3-24-17-7-4-12(9-13(17)10-23)16-8-11(2)14-5-6-15(20)18(21)19(14)22-16/h4-9,23H,3,10H2,1-2H3. The molecule has 0 aliphatic carbocycles. The van der Waals surface area contributed by atoms with E-state index in [0.717, 1.165) is 11.6 Å². The molecule has 5 heteroatoms. The van der Waals surface area contributed by atoms with Crippen molar-refractivity contribution in [2.75, 3.05) is 6.61 Å². The highest BCUT2D eigenvalue weighted by atomic mass is 19.2. The Hall–Kier alpha value is -2.53. The molecule has 0 amide bonds. The van der Waals surface area contributed by atoms with Gasteiger partial charge in [-0.3, -0.25) is 0 Å². The van der Waals surface area contributed by atoms with E-state index in [0.29, 0.717) is 34.6 Å². The molecule has 0 radical (unpaired) electrons. The van der Waals surface area contributed by atoms with Crippen molar-refractivity contribution in [2.24, 2.45) is 0 Å². The first kappa shape index (κ1) is 16.3. The number of ether oxygens (including phenoxy) is 1. The van der Waals surface area contributed by atoms with Crippen molar-refractivity contribution >= 4 is 10.9 Å². The highest BCUT2D eigenvalue weighted by molar-refractivity contribution is 5.85. The Kier molecular flexibility index (Phi) is 4.44. The summed E-state index contributed by atoms with van der Waals surface area (Å²) >= 11 is 0. The second-order valence-corrected chi connectivity index (χ2v) is 5.50. The summed E-state index contributed by atoms with van der Waals surface area (Å²) < 4.78 is 33.1. The minimum Gasteiger partial charge on any atom is -0.494 e. The zero-order valence-electron chi connectivity index (χ0n) is 13.4. The molecule has 0 saturated carbocycles. The minimum absolute atomic E-state index is 0.00410. The molecule has 124 valence electrons. The summed E-state index contributed by atoms with van der Waals surface area (Å²) in [6, 6.07) is 9.72. The van der Waals surface area contributed by atoms with Crippen LogP contribution in [0.4, 0.5) is 8.78 Å². The topological polar surface area (TPSA) is 42.4 Å². The molecule has 3 nitrogen and oxygen atoms in total. The van der Waals surface area contributed by atoms with Crippen LogP contribution in [0.3, 0.4) is 0 Å². The quantitative estimate of drug-likeness (QED) is 0.772. The van der Waals surface area contributed by atoms with Gasteiger partial charge in [-0.05, 0) is 55.8 Å². The van der Waals surface area contributed by atoms with Crippen LogP contribution in [0.25, 0.3) is 22.2 Å². The fourth-order valence-electron chi connectivity index (χ4n) is 2.71. The van der Waals surface area contributed by atoms with Crippen molar-refractivity contribution in [3.05, 3.63) is 59.2 Å². The summed E-state index contributed by atoms with van der Waals surface area (Å²) in [6.07, 6.45) is 0. The third kappa shape index (κ3) is 2.83. The molecule has 0 aliphatic rings. The molecule has 24 heavy (non-hydrogen) atoms. The van der Waals surface area contributed by atoms with E-state index in [1.165, 1.54) is 6.07 Å². The van der Waals surface area contributed by atoms with Crippen molar-refractivity contribution < 1.29 is 18.6 Å². The van der Waals surface area contributed by atoms with Crippen LogP contribution in [0.15, 0.2) is 36.4 Å². The maximum atomic E-state index is 14.1. The number of hydrogen-bond acceptors (Lipinski definition) is 3. The zero-order valence-corrected chi connectivity index (χ0v) is 13.4. The number of aromatic nitrogens is 1. The Morgan fingerprint density at radius 1 is 1.12 bits per heavy atom. The number of pyridine rings is 1. The van der Waals surface area contributed by atoms with E-state index in [4.69, 9.17) is 4.74 Å². The summed E-state index contributed by atoms with van der Waals surface area (Å²) in [5.41, 5.74) is 2.64. The van der Waals surface area contributed by atoms with E-state index < -0.39 is 11.6 Å². The molecule has 1 N–H and O–H groups in total.